The van der Waals surface area contributed by atoms with E-state index < -0.39 is 0 Å². The molecule has 7 heteroatoms. The number of nitrogens with one attached hydrogen (secondary N) is 2. The zero-order valence-corrected chi connectivity index (χ0v) is 14.7. The van der Waals surface area contributed by atoms with Crippen LogP contribution >= 0.6 is 0 Å². The highest BCUT2D eigenvalue weighted by Gasteiger charge is 2.16. The fourth-order valence-electron chi connectivity index (χ4n) is 3.21. The van der Waals surface area contributed by atoms with Gasteiger partial charge in [0.05, 0.1) is 11.7 Å². The van der Waals surface area contributed by atoms with Crippen LogP contribution < -0.4 is 10.2 Å². The van der Waals surface area contributed by atoms with Crippen LogP contribution in [0.2, 0.25) is 0 Å². The SMILES string of the molecule is CCC(C)c1[nH]nc2ccc(-c3nncc(N4CCNCC4)n3)cc12. The van der Waals surface area contributed by atoms with E-state index in [9.17, 15) is 0 Å². The maximum atomic E-state index is 4.75. The predicted molar refractivity (Wildman–Crippen MR) is 98.7 cm³/mol. The Labute approximate surface area is 146 Å². The van der Waals surface area contributed by atoms with Gasteiger partial charge in [-0.2, -0.15) is 10.2 Å². The minimum atomic E-state index is 0.437. The average molecular weight is 337 g/mol. The van der Waals surface area contributed by atoms with Gasteiger partial charge in [0.2, 0.25) is 0 Å². The number of rotatable bonds is 4. The van der Waals surface area contributed by atoms with E-state index in [1.54, 1.807) is 6.20 Å². The summed E-state index contributed by atoms with van der Waals surface area (Å²) in [6.45, 7) is 8.22. The number of fused-ring (bicyclic) bond motifs is 1. The number of aromatic amines is 1. The number of aromatic nitrogens is 5. The van der Waals surface area contributed by atoms with Gasteiger partial charge in [-0.15, -0.1) is 5.10 Å². The summed E-state index contributed by atoms with van der Waals surface area (Å²) in [4.78, 5) is 6.99. The van der Waals surface area contributed by atoms with Crippen molar-refractivity contribution < 1.29 is 0 Å². The van der Waals surface area contributed by atoms with Gasteiger partial charge in [0.15, 0.2) is 11.6 Å². The number of anilines is 1. The van der Waals surface area contributed by atoms with Gasteiger partial charge in [0.1, 0.15) is 0 Å². The van der Waals surface area contributed by atoms with Crippen molar-refractivity contribution in [1.82, 2.24) is 30.7 Å². The molecule has 1 aliphatic rings. The second-order valence-electron chi connectivity index (χ2n) is 6.55. The number of piperazine rings is 1. The lowest BCUT2D eigenvalue weighted by Crippen LogP contribution is -2.44. The Bertz CT molecular complexity index is 867. The van der Waals surface area contributed by atoms with E-state index in [0.29, 0.717) is 11.7 Å². The summed E-state index contributed by atoms with van der Waals surface area (Å²) in [5.41, 5.74) is 3.12. The number of hydrogen-bond acceptors (Lipinski definition) is 6. The first-order valence-corrected chi connectivity index (χ1v) is 8.90. The van der Waals surface area contributed by atoms with Crippen molar-refractivity contribution >= 4 is 16.7 Å². The Morgan fingerprint density at radius 3 is 2.88 bits per heavy atom. The van der Waals surface area contributed by atoms with Crippen LogP contribution in [-0.4, -0.2) is 51.6 Å². The van der Waals surface area contributed by atoms with Crippen molar-refractivity contribution in [2.45, 2.75) is 26.2 Å². The van der Waals surface area contributed by atoms with Gasteiger partial charge >= 0.3 is 0 Å². The summed E-state index contributed by atoms with van der Waals surface area (Å²) in [6.07, 6.45) is 2.81. The first-order chi connectivity index (χ1) is 12.3. The Morgan fingerprint density at radius 1 is 1.24 bits per heavy atom. The summed E-state index contributed by atoms with van der Waals surface area (Å²) in [7, 11) is 0. The minimum Gasteiger partial charge on any atom is -0.353 e. The molecule has 2 N–H and O–H groups in total. The van der Waals surface area contributed by atoms with Crippen LogP contribution in [-0.2, 0) is 0 Å². The van der Waals surface area contributed by atoms with Crippen LogP contribution in [0.15, 0.2) is 24.4 Å². The lowest BCUT2D eigenvalue weighted by molar-refractivity contribution is 0.583. The molecule has 0 radical (unpaired) electrons. The lowest BCUT2D eigenvalue weighted by atomic mass is 10.0. The fraction of sp³-hybridized carbons (Fsp3) is 0.444. The standard InChI is InChI=1S/C18H23N7/c1-3-12(2)17-14-10-13(4-5-15(14)22-23-17)18-21-16(11-20-24-18)25-8-6-19-7-9-25/h4-5,10-12,19H,3,6-9H2,1-2H3,(H,22,23). The highest BCUT2D eigenvalue weighted by molar-refractivity contribution is 5.86. The Balaban J connectivity index is 1.71. The zero-order valence-electron chi connectivity index (χ0n) is 14.7. The van der Waals surface area contributed by atoms with Gasteiger partial charge in [-0.1, -0.05) is 13.8 Å². The molecule has 130 valence electrons. The second kappa shape index (κ2) is 6.76. The Hall–Kier alpha value is -2.54. The number of benzene rings is 1. The molecule has 0 bridgehead atoms. The average Bonchev–Trinajstić information content (AvgIpc) is 3.11. The molecular weight excluding hydrogens is 314 g/mol. The molecule has 1 fully saturated rings. The number of H-pyrrole nitrogens is 1. The summed E-state index contributed by atoms with van der Waals surface area (Å²) in [6, 6.07) is 6.16. The summed E-state index contributed by atoms with van der Waals surface area (Å²) in [5, 5.41) is 20.5. The van der Waals surface area contributed by atoms with Gasteiger partial charge < -0.3 is 10.2 Å². The van der Waals surface area contributed by atoms with Crippen LogP contribution in [0.5, 0.6) is 0 Å². The fourth-order valence-corrected chi connectivity index (χ4v) is 3.21. The number of nitrogens with zero attached hydrogens (tertiary/aromatic N) is 5. The van der Waals surface area contributed by atoms with E-state index >= 15 is 0 Å². The van der Waals surface area contributed by atoms with Gasteiger partial charge in [-0.25, -0.2) is 4.98 Å². The molecular formula is C18H23N7. The molecule has 3 aromatic rings. The van der Waals surface area contributed by atoms with Crippen molar-refractivity contribution in [2.24, 2.45) is 0 Å². The van der Waals surface area contributed by atoms with Gasteiger partial charge in [-0.3, -0.25) is 5.10 Å². The molecule has 7 nitrogen and oxygen atoms in total. The molecule has 0 amide bonds. The molecule has 1 unspecified atom stereocenters. The maximum absolute atomic E-state index is 4.75. The largest absolute Gasteiger partial charge is 0.353 e. The highest BCUT2D eigenvalue weighted by atomic mass is 15.3. The normalized spacial score (nSPS) is 16.3. The molecule has 1 aliphatic heterocycles. The van der Waals surface area contributed by atoms with Gasteiger partial charge in [0, 0.05) is 42.8 Å². The summed E-state index contributed by atoms with van der Waals surface area (Å²) < 4.78 is 0. The zero-order chi connectivity index (χ0) is 17.2. The quantitative estimate of drug-likeness (QED) is 0.760. The van der Waals surface area contributed by atoms with Gasteiger partial charge in [0.25, 0.3) is 0 Å². The van der Waals surface area contributed by atoms with Crippen LogP contribution in [0.4, 0.5) is 5.82 Å². The van der Waals surface area contributed by atoms with E-state index in [-0.39, 0.29) is 0 Å². The van der Waals surface area contributed by atoms with Gasteiger partial charge in [-0.05, 0) is 30.5 Å². The third kappa shape index (κ3) is 3.07. The minimum absolute atomic E-state index is 0.437. The van der Waals surface area contributed by atoms with Crippen molar-refractivity contribution in [3.8, 4) is 11.4 Å². The first kappa shape index (κ1) is 16.0. The molecule has 1 aromatic carbocycles. The predicted octanol–water partition coefficient (Wildman–Crippen LogP) is 2.34. The van der Waals surface area contributed by atoms with Crippen LogP contribution in [0.25, 0.3) is 22.3 Å². The topological polar surface area (TPSA) is 82.6 Å². The molecule has 4 rings (SSSR count). The van der Waals surface area contributed by atoms with E-state index in [1.165, 1.54) is 5.69 Å². The summed E-state index contributed by atoms with van der Waals surface area (Å²) >= 11 is 0. The van der Waals surface area contributed by atoms with Crippen LogP contribution in [0.3, 0.4) is 0 Å². The molecule has 3 heterocycles. The first-order valence-electron chi connectivity index (χ1n) is 8.90. The molecule has 25 heavy (non-hydrogen) atoms. The van der Waals surface area contributed by atoms with Crippen LogP contribution in [0, 0.1) is 0 Å². The molecule has 2 aromatic heterocycles. The monoisotopic (exact) mass is 337 g/mol. The third-order valence-electron chi connectivity index (χ3n) is 4.93. The Morgan fingerprint density at radius 2 is 2.08 bits per heavy atom. The molecule has 0 saturated carbocycles. The van der Waals surface area contributed by atoms with E-state index in [1.807, 2.05) is 12.1 Å². The van der Waals surface area contributed by atoms with Crippen molar-refractivity contribution in [3.05, 3.63) is 30.1 Å². The van der Waals surface area contributed by atoms with Crippen molar-refractivity contribution in [3.63, 3.8) is 0 Å². The van der Waals surface area contributed by atoms with Crippen molar-refractivity contribution in [1.29, 1.82) is 0 Å². The van der Waals surface area contributed by atoms with Crippen LogP contribution in [0.1, 0.15) is 31.9 Å². The third-order valence-corrected chi connectivity index (χ3v) is 4.93. The molecule has 0 spiro atoms. The lowest BCUT2D eigenvalue weighted by Gasteiger charge is -2.28. The molecule has 1 saturated heterocycles. The highest BCUT2D eigenvalue weighted by Crippen LogP contribution is 2.28. The van der Waals surface area contributed by atoms with E-state index in [2.05, 4.69) is 50.5 Å². The van der Waals surface area contributed by atoms with Crippen molar-refractivity contribution in [2.75, 3.05) is 31.1 Å². The second-order valence-corrected chi connectivity index (χ2v) is 6.55. The van der Waals surface area contributed by atoms with E-state index in [4.69, 9.17) is 4.98 Å². The Kier molecular flexibility index (Phi) is 4.31. The molecule has 1 atom stereocenters. The van der Waals surface area contributed by atoms with E-state index in [0.717, 1.165) is 54.9 Å². The maximum Gasteiger partial charge on any atom is 0.183 e. The number of hydrogen-bond donors (Lipinski definition) is 2. The molecule has 0 aliphatic carbocycles. The summed E-state index contributed by atoms with van der Waals surface area (Å²) in [5.74, 6) is 1.99. The smallest absolute Gasteiger partial charge is 0.183 e.